The Balaban J connectivity index is 1.76. The molecular formula is C20H31N3O3. The second-order valence-corrected chi connectivity index (χ2v) is 7.28. The van der Waals surface area contributed by atoms with Gasteiger partial charge in [-0.15, -0.1) is 0 Å². The molecule has 2 heterocycles. The van der Waals surface area contributed by atoms with Crippen molar-refractivity contribution in [2.75, 3.05) is 39.3 Å². The molecule has 3 N–H and O–H groups in total. The van der Waals surface area contributed by atoms with Crippen molar-refractivity contribution in [3.8, 4) is 0 Å². The van der Waals surface area contributed by atoms with Crippen LogP contribution in [-0.4, -0.2) is 72.4 Å². The maximum Gasteiger partial charge on any atom is 0.223 e. The van der Waals surface area contributed by atoms with E-state index >= 15 is 0 Å². The van der Waals surface area contributed by atoms with Crippen molar-refractivity contribution in [2.45, 2.75) is 43.9 Å². The number of amides is 1. The van der Waals surface area contributed by atoms with E-state index in [9.17, 15) is 9.90 Å². The van der Waals surface area contributed by atoms with Crippen molar-refractivity contribution >= 4 is 5.91 Å². The summed E-state index contributed by atoms with van der Waals surface area (Å²) in [6.45, 7) is 4.27. The van der Waals surface area contributed by atoms with Gasteiger partial charge in [-0.25, -0.2) is 0 Å². The Bertz CT molecular complexity index is 561. The highest BCUT2D eigenvalue weighted by Crippen LogP contribution is 2.31. The van der Waals surface area contributed by atoms with Gasteiger partial charge in [0, 0.05) is 32.6 Å². The van der Waals surface area contributed by atoms with Crippen LogP contribution in [0.3, 0.4) is 0 Å². The quantitative estimate of drug-likeness (QED) is 0.795. The Labute approximate surface area is 155 Å². The average molecular weight is 361 g/mol. The number of hydrogen-bond donors (Lipinski definition) is 2. The monoisotopic (exact) mass is 361 g/mol. The van der Waals surface area contributed by atoms with Crippen LogP contribution in [0.15, 0.2) is 30.3 Å². The summed E-state index contributed by atoms with van der Waals surface area (Å²) in [4.78, 5) is 17.1. The smallest absolute Gasteiger partial charge is 0.223 e. The molecule has 3 rings (SSSR count). The fourth-order valence-electron chi connectivity index (χ4n) is 3.96. The predicted molar refractivity (Wildman–Crippen MR) is 101 cm³/mol. The number of aliphatic hydroxyl groups excluding tert-OH is 1. The molecule has 2 aliphatic heterocycles. The van der Waals surface area contributed by atoms with Crippen LogP contribution in [0, 0.1) is 0 Å². The van der Waals surface area contributed by atoms with E-state index in [1.807, 2.05) is 23.1 Å². The van der Waals surface area contributed by atoms with E-state index in [1.165, 1.54) is 0 Å². The van der Waals surface area contributed by atoms with Crippen LogP contribution in [0.5, 0.6) is 0 Å². The number of nitrogens with two attached hydrogens (primary N) is 1. The Kier molecular flexibility index (Phi) is 7.02. The number of morpholine rings is 1. The van der Waals surface area contributed by atoms with Crippen molar-refractivity contribution in [3.63, 3.8) is 0 Å². The standard InChI is InChI=1S/C20H31N3O3/c21-10-4-7-19(25)23-13-14-26-18(15-22-11-8-17(24)9-12-22)20(23)16-5-2-1-3-6-16/h1-3,5-6,17-18,20,24H,4,7-15,21H2/t18-,20-/m0/s1. The molecule has 2 saturated heterocycles. The number of ether oxygens (including phenoxy) is 1. The molecule has 2 atom stereocenters. The van der Waals surface area contributed by atoms with Crippen molar-refractivity contribution in [1.82, 2.24) is 9.80 Å². The molecular weight excluding hydrogens is 330 g/mol. The molecule has 0 radical (unpaired) electrons. The van der Waals surface area contributed by atoms with Crippen LogP contribution >= 0.6 is 0 Å². The molecule has 26 heavy (non-hydrogen) atoms. The van der Waals surface area contributed by atoms with E-state index in [2.05, 4.69) is 17.0 Å². The topological polar surface area (TPSA) is 79.0 Å². The first-order valence-electron chi connectivity index (χ1n) is 9.75. The van der Waals surface area contributed by atoms with Gasteiger partial charge in [0.1, 0.15) is 0 Å². The number of benzene rings is 1. The van der Waals surface area contributed by atoms with Gasteiger partial charge in [-0.3, -0.25) is 4.79 Å². The first-order valence-corrected chi connectivity index (χ1v) is 9.75. The predicted octanol–water partition coefficient (Wildman–Crippen LogP) is 1.15. The van der Waals surface area contributed by atoms with E-state index in [4.69, 9.17) is 10.5 Å². The van der Waals surface area contributed by atoms with E-state index in [-0.39, 0.29) is 24.2 Å². The maximum absolute atomic E-state index is 12.8. The highest BCUT2D eigenvalue weighted by Gasteiger charge is 2.37. The molecule has 0 aliphatic carbocycles. The van der Waals surface area contributed by atoms with Crippen LogP contribution in [0.1, 0.15) is 37.3 Å². The van der Waals surface area contributed by atoms with Crippen LogP contribution in [0.25, 0.3) is 0 Å². The Morgan fingerprint density at radius 2 is 1.92 bits per heavy atom. The second kappa shape index (κ2) is 9.46. The molecule has 6 nitrogen and oxygen atoms in total. The van der Waals surface area contributed by atoms with Crippen molar-refractivity contribution in [1.29, 1.82) is 0 Å². The first kappa shape index (κ1) is 19.3. The Morgan fingerprint density at radius 1 is 1.19 bits per heavy atom. The van der Waals surface area contributed by atoms with Crippen molar-refractivity contribution in [3.05, 3.63) is 35.9 Å². The molecule has 0 unspecified atom stereocenters. The Morgan fingerprint density at radius 3 is 2.62 bits per heavy atom. The lowest BCUT2D eigenvalue weighted by atomic mass is 9.96. The van der Waals surface area contributed by atoms with Gasteiger partial charge >= 0.3 is 0 Å². The number of likely N-dealkylation sites (tertiary alicyclic amines) is 1. The van der Waals surface area contributed by atoms with Gasteiger partial charge in [0.05, 0.1) is 24.9 Å². The highest BCUT2D eigenvalue weighted by atomic mass is 16.5. The largest absolute Gasteiger partial charge is 0.393 e. The summed E-state index contributed by atoms with van der Waals surface area (Å²) in [5.74, 6) is 0.159. The minimum absolute atomic E-state index is 0.0526. The van der Waals surface area contributed by atoms with E-state index in [0.29, 0.717) is 32.5 Å². The minimum Gasteiger partial charge on any atom is -0.393 e. The van der Waals surface area contributed by atoms with Gasteiger partial charge in [-0.2, -0.15) is 0 Å². The lowest BCUT2D eigenvalue weighted by Gasteiger charge is -2.44. The zero-order valence-electron chi connectivity index (χ0n) is 15.4. The second-order valence-electron chi connectivity index (χ2n) is 7.28. The number of rotatable bonds is 6. The number of aliphatic hydroxyl groups is 1. The zero-order valence-corrected chi connectivity index (χ0v) is 15.4. The lowest BCUT2D eigenvalue weighted by Crippen LogP contribution is -2.52. The molecule has 1 amide bonds. The van der Waals surface area contributed by atoms with E-state index in [1.54, 1.807) is 0 Å². The lowest BCUT2D eigenvalue weighted by molar-refractivity contribution is -0.149. The molecule has 0 spiro atoms. The molecule has 144 valence electrons. The number of hydrogen-bond acceptors (Lipinski definition) is 5. The van der Waals surface area contributed by atoms with Crippen molar-refractivity contribution < 1.29 is 14.6 Å². The summed E-state index contributed by atoms with van der Waals surface area (Å²) >= 11 is 0. The summed E-state index contributed by atoms with van der Waals surface area (Å²) in [5, 5.41) is 9.74. The molecule has 0 saturated carbocycles. The molecule has 0 bridgehead atoms. The van der Waals surface area contributed by atoms with Crippen LogP contribution in [0.2, 0.25) is 0 Å². The zero-order chi connectivity index (χ0) is 18.4. The summed E-state index contributed by atoms with van der Waals surface area (Å²) in [6.07, 6.45) is 2.58. The summed E-state index contributed by atoms with van der Waals surface area (Å²) in [5.41, 5.74) is 6.71. The van der Waals surface area contributed by atoms with Crippen LogP contribution in [-0.2, 0) is 9.53 Å². The number of piperidine rings is 1. The fourth-order valence-corrected chi connectivity index (χ4v) is 3.96. The number of carbonyl (C=O) groups is 1. The van der Waals surface area contributed by atoms with Gasteiger partial charge in [0.25, 0.3) is 0 Å². The van der Waals surface area contributed by atoms with Gasteiger partial charge in [-0.05, 0) is 31.4 Å². The third-order valence-corrected chi connectivity index (χ3v) is 5.40. The van der Waals surface area contributed by atoms with Crippen LogP contribution in [0.4, 0.5) is 0 Å². The summed E-state index contributed by atoms with van der Waals surface area (Å²) in [6, 6.07) is 10.1. The number of nitrogens with zero attached hydrogens (tertiary/aromatic N) is 2. The molecule has 2 fully saturated rings. The highest BCUT2D eigenvalue weighted by molar-refractivity contribution is 5.77. The van der Waals surface area contributed by atoms with E-state index < -0.39 is 0 Å². The molecule has 0 aromatic heterocycles. The van der Waals surface area contributed by atoms with Gasteiger partial charge in [0.15, 0.2) is 0 Å². The van der Waals surface area contributed by atoms with Gasteiger partial charge in [0.2, 0.25) is 5.91 Å². The molecule has 2 aliphatic rings. The normalized spacial score (nSPS) is 25.4. The van der Waals surface area contributed by atoms with Crippen LogP contribution < -0.4 is 5.73 Å². The molecule has 1 aromatic carbocycles. The first-order chi connectivity index (χ1) is 12.7. The molecule has 6 heteroatoms. The van der Waals surface area contributed by atoms with Gasteiger partial charge in [-0.1, -0.05) is 30.3 Å². The summed E-state index contributed by atoms with van der Waals surface area (Å²) in [7, 11) is 0. The van der Waals surface area contributed by atoms with Gasteiger partial charge < -0.3 is 25.4 Å². The fraction of sp³-hybridized carbons (Fsp3) is 0.650. The van der Waals surface area contributed by atoms with E-state index in [0.717, 1.165) is 38.0 Å². The summed E-state index contributed by atoms with van der Waals surface area (Å²) < 4.78 is 6.14. The van der Waals surface area contributed by atoms with Crippen molar-refractivity contribution in [2.24, 2.45) is 5.73 Å². The third-order valence-electron chi connectivity index (χ3n) is 5.40. The SMILES string of the molecule is NCCCC(=O)N1CCO[C@@H](CN2CCC(O)CC2)[C@@H]1c1ccccc1. The number of carbonyl (C=O) groups excluding carboxylic acids is 1. The Hall–Kier alpha value is -1.47. The average Bonchev–Trinajstić information content (AvgIpc) is 2.68. The third kappa shape index (κ3) is 4.82. The maximum atomic E-state index is 12.8. The molecule has 1 aromatic rings. The minimum atomic E-state index is -0.183.